The van der Waals surface area contributed by atoms with E-state index in [1.807, 2.05) is 29.8 Å². The molecule has 7 heteroatoms. The van der Waals surface area contributed by atoms with E-state index in [9.17, 15) is 9.65 Å². The molecule has 1 atom stereocenters. The number of benzene rings is 2. The summed E-state index contributed by atoms with van der Waals surface area (Å²) in [5, 5.41) is 18.2. The van der Waals surface area contributed by atoms with Crippen molar-refractivity contribution >= 4 is 11.8 Å². The maximum Gasteiger partial charge on any atom is 0.191 e. The number of ether oxygens (including phenoxy) is 1. The van der Waals surface area contributed by atoms with Crippen LogP contribution in [0.25, 0.3) is 0 Å². The molecule has 0 aliphatic heterocycles. The molecule has 0 spiro atoms. The molecule has 0 fully saturated rings. The Kier molecular flexibility index (Phi) is 5.54. The third-order valence-corrected chi connectivity index (χ3v) is 4.94. The molecule has 3 aromatic rings. The molecular formula is C19H17FN4OS. The summed E-state index contributed by atoms with van der Waals surface area (Å²) in [6.07, 6.45) is -0.454. The first-order valence-corrected chi connectivity index (χ1v) is 9.00. The monoisotopic (exact) mass is 368 g/mol. The molecule has 0 radical (unpaired) electrons. The van der Waals surface area contributed by atoms with E-state index in [0.717, 1.165) is 5.56 Å². The number of thioether (sulfide) groups is 1. The van der Waals surface area contributed by atoms with Crippen molar-refractivity contribution in [2.45, 2.75) is 23.9 Å². The first-order valence-electron chi connectivity index (χ1n) is 8.01. The van der Waals surface area contributed by atoms with Crippen LogP contribution in [-0.4, -0.2) is 14.8 Å². The molecule has 0 aliphatic carbocycles. The summed E-state index contributed by atoms with van der Waals surface area (Å²) in [5.41, 5.74) is 1.60. The van der Waals surface area contributed by atoms with Crippen molar-refractivity contribution in [3.05, 3.63) is 71.3 Å². The summed E-state index contributed by atoms with van der Waals surface area (Å²) in [5.74, 6) is 0.979. The van der Waals surface area contributed by atoms with Crippen LogP contribution in [0.1, 0.15) is 30.0 Å². The van der Waals surface area contributed by atoms with Gasteiger partial charge in [0.1, 0.15) is 0 Å². The summed E-state index contributed by atoms with van der Waals surface area (Å²) in [4.78, 5) is 0. The highest BCUT2D eigenvalue weighted by atomic mass is 32.2. The smallest absolute Gasteiger partial charge is 0.191 e. The Morgan fingerprint density at radius 1 is 1.19 bits per heavy atom. The van der Waals surface area contributed by atoms with Crippen LogP contribution in [0.4, 0.5) is 4.39 Å². The number of hydrogen-bond acceptors (Lipinski definition) is 5. The van der Waals surface area contributed by atoms with Gasteiger partial charge >= 0.3 is 0 Å². The lowest BCUT2D eigenvalue weighted by molar-refractivity contribution is 0.202. The minimum absolute atomic E-state index is 0.181. The Balaban J connectivity index is 1.71. The second kappa shape index (κ2) is 8.02. The molecule has 3 rings (SSSR count). The lowest BCUT2D eigenvalue weighted by Gasteiger charge is -2.14. The van der Waals surface area contributed by atoms with E-state index in [1.54, 1.807) is 31.2 Å². The quantitative estimate of drug-likeness (QED) is 0.608. The minimum Gasteiger partial charge on any atom is -0.480 e. The van der Waals surface area contributed by atoms with Crippen molar-refractivity contribution in [1.29, 1.82) is 5.26 Å². The van der Waals surface area contributed by atoms with Gasteiger partial charge in [-0.1, -0.05) is 42.1 Å². The van der Waals surface area contributed by atoms with Crippen molar-refractivity contribution in [1.82, 2.24) is 14.8 Å². The van der Waals surface area contributed by atoms with Crippen LogP contribution in [0.2, 0.25) is 0 Å². The van der Waals surface area contributed by atoms with Gasteiger partial charge < -0.3 is 9.30 Å². The lowest BCUT2D eigenvalue weighted by Crippen LogP contribution is -2.10. The van der Waals surface area contributed by atoms with Crippen molar-refractivity contribution in [2.75, 3.05) is 0 Å². The molecule has 0 saturated heterocycles. The SMILES string of the molecule is CC(Oc1ccccc1F)c1nnc(SCc2ccccc2C#N)n1C. The molecule has 132 valence electrons. The van der Waals surface area contributed by atoms with Gasteiger partial charge in [0, 0.05) is 12.8 Å². The first kappa shape index (κ1) is 18.0. The van der Waals surface area contributed by atoms with Crippen LogP contribution < -0.4 is 4.74 Å². The van der Waals surface area contributed by atoms with E-state index < -0.39 is 11.9 Å². The van der Waals surface area contributed by atoms with Gasteiger partial charge in [-0.2, -0.15) is 5.26 Å². The summed E-state index contributed by atoms with van der Waals surface area (Å²) >= 11 is 1.49. The van der Waals surface area contributed by atoms with Gasteiger partial charge in [0.05, 0.1) is 11.6 Å². The van der Waals surface area contributed by atoms with E-state index in [4.69, 9.17) is 4.74 Å². The van der Waals surface area contributed by atoms with Gasteiger partial charge in [-0.25, -0.2) is 4.39 Å². The average molecular weight is 368 g/mol. The van der Waals surface area contributed by atoms with Crippen LogP contribution in [0, 0.1) is 17.1 Å². The van der Waals surface area contributed by atoms with Gasteiger partial charge in [0.2, 0.25) is 0 Å². The van der Waals surface area contributed by atoms with E-state index in [1.165, 1.54) is 17.8 Å². The molecular weight excluding hydrogens is 351 g/mol. The van der Waals surface area contributed by atoms with Crippen LogP contribution in [0.5, 0.6) is 5.75 Å². The van der Waals surface area contributed by atoms with Gasteiger partial charge in [0.25, 0.3) is 0 Å². The topological polar surface area (TPSA) is 63.7 Å². The normalized spacial score (nSPS) is 11.8. The maximum atomic E-state index is 13.8. The lowest BCUT2D eigenvalue weighted by atomic mass is 10.1. The van der Waals surface area contributed by atoms with Crippen molar-refractivity contribution < 1.29 is 9.13 Å². The molecule has 1 unspecified atom stereocenters. The Morgan fingerprint density at radius 3 is 2.69 bits per heavy atom. The Morgan fingerprint density at radius 2 is 1.92 bits per heavy atom. The molecule has 2 aromatic carbocycles. The number of nitrogens with zero attached hydrogens (tertiary/aromatic N) is 4. The van der Waals surface area contributed by atoms with Gasteiger partial charge in [0.15, 0.2) is 28.7 Å². The average Bonchev–Trinajstić information content (AvgIpc) is 3.02. The number of halogens is 1. The van der Waals surface area contributed by atoms with Crippen LogP contribution >= 0.6 is 11.8 Å². The summed E-state index contributed by atoms with van der Waals surface area (Å²) in [6, 6.07) is 15.9. The van der Waals surface area contributed by atoms with E-state index >= 15 is 0 Å². The zero-order chi connectivity index (χ0) is 18.5. The van der Waals surface area contributed by atoms with Crippen molar-refractivity contribution in [2.24, 2.45) is 7.05 Å². The molecule has 1 heterocycles. The fraction of sp³-hybridized carbons (Fsp3) is 0.211. The van der Waals surface area contributed by atoms with Crippen LogP contribution in [0.3, 0.4) is 0 Å². The molecule has 0 amide bonds. The first-order chi connectivity index (χ1) is 12.6. The summed E-state index contributed by atoms with van der Waals surface area (Å²) in [7, 11) is 1.84. The number of hydrogen-bond donors (Lipinski definition) is 0. The third-order valence-electron chi connectivity index (χ3n) is 3.87. The summed E-state index contributed by atoms with van der Waals surface area (Å²) in [6.45, 7) is 1.80. The molecule has 0 bridgehead atoms. The minimum atomic E-state index is -0.454. The molecule has 5 nitrogen and oxygen atoms in total. The zero-order valence-corrected chi connectivity index (χ0v) is 15.2. The van der Waals surface area contributed by atoms with Gasteiger partial charge in [-0.05, 0) is 30.7 Å². The number of para-hydroxylation sites is 1. The number of rotatable bonds is 6. The number of aromatic nitrogens is 3. The predicted octanol–water partition coefficient (Wildman–Crippen LogP) is 4.26. The van der Waals surface area contributed by atoms with Crippen molar-refractivity contribution in [3.8, 4) is 11.8 Å². The molecule has 1 aromatic heterocycles. The summed E-state index contributed by atoms with van der Waals surface area (Å²) < 4.78 is 21.3. The largest absolute Gasteiger partial charge is 0.480 e. The highest BCUT2D eigenvalue weighted by Gasteiger charge is 2.18. The Hall–Kier alpha value is -2.85. The van der Waals surface area contributed by atoms with Crippen LogP contribution in [-0.2, 0) is 12.8 Å². The van der Waals surface area contributed by atoms with Crippen LogP contribution in [0.15, 0.2) is 53.7 Å². The predicted molar refractivity (Wildman–Crippen MR) is 97.2 cm³/mol. The van der Waals surface area contributed by atoms with Gasteiger partial charge in [-0.3, -0.25) is 0 Å². The van der Waals surface area contributed by atoms with E-state index in [0.29, 0.717) is 22.3 Å². The zero-order valence-electron chi connectivity index (χ0n) is 14.4. The second-order valence-corrected chi connectivity index (χ2v) is 6.59. The molecule has 26 heavy (non-hydrogen) atoms. The Labute approximate surface area is 155 Å². The van der Waals surface area contributed by atoms with Crippen molar-refractivity contribution in [3.63, 3.8) is 0 Å². The van der Waals surface area contributed by atoms with Gasteiger partial charge in [-0.15, -0.1) is 10.2 Å². The van der Waals surface area contributed by atoms with E-state index in [2.05, 4.69) is 16.3 Å². The molecule has 0 saturated carbocycles. The molecule has 0 N–H and O–H groups in total. The fourth-order valence-corrected chi connectivity index (χ4v) is 3.41. The third kappa shape index (κ3) is 3.86. The maximum absolute atomic E-state index is 13.8. The van der Waals surface area contributed by atoms with E-state index in [-0.39, 0.29) is 5.75 Å². The highest BCUT2D eigenvalue weighted by Crippen LogP contribution is 2.27. The Bertz CT molecular complexity index is 951. The molecule has 0 aliphatic rings. The fourth-order valence-electron chi connectivity index (χ4n) is 2.49. The number of nitriles is 1. The second-order valence-electron chi connectivity index (χ2n) is 5.65. The standard InChI is InChI=1S/C19H17FN4OS/c1-13(25-17-10-6-5-9-16(17)20)18-22-23-19(24(18)2)26-12-15-8-4-3-7-14(15)11-21/h3-10,13H,12H2,1-2H3. The highest BCUT2D eigenvalue weighted by molar-refractivity contribution is 7.98.